The van der Waals surface area contributed by atoms with Crippen molar-refractivity contribution in [2.75, 3.05) is 0 Å². The van der Waals surface area contributed by atoms with Crippen LogP contribution >= 0.6 is 0 Å². The van der Waals surface area contributed by atoms with Gasteiger partial charge in [0.05, 0.1) is 0 Å². The third-order valence-electron chi connectivity index (χ3n) is 3.90. The van der Waals surface area contributed by atoms with Crippen LogP contribution in [0.2, 0.25) is 0 Å². The van der Waals surface area contributed by atoms with E-state index in [9.17, 15) is 0 Å². The Morgan fingerprint density at radius 3 is 1.71 bits per heavy atom. The summed E-state index contributed by atoms with van der Waals surface area (Å²) in [7, 11) is 0. The molecular weight excluding hydrogens is 204 g/mol. The first-order valence-corrected chi connectivity index (χ1v) is 7.03. The minimum absolute atomic E-state index is 0.277. The molecule has 1 fully saturated rings. The van der Waals surface area contributed by atoms with Crippen LogP contribution in [0.3, 0.4) is 0 Å². The van der Waals surface area contributed by atoms with Gasteiger partial charge in [-0.05, 0) is 34.8 Å². The molecule has 0 heteroatoms. The molecule has 0 amide bonds. The molecule has 17 heavy (non-hydrogen) atoms. The smallest absolute Gasteiger partial charge is 0.00752 e. The van der Waals surface area contributed by atoms with Gasteiger partial charge in [0.25, 0.3) is 0 Å². The van der Waals surface area contributed by atoms with Crippen LogP contribution in [0.4, 0.5) is 0 Å². The quantitative estimate of drug-likeness (QED) is 0.604. The zero-order valence-corrected chi connectivity index (χ0v) is 12.4. The van der Waals surface area contributed by atoms with E-state index >= 15 is 0 Å². The predicted octanol–water partition coefficient (Wildman–Crippen LogP) is 5.45. The van der Waals surface area contributed by atoms with Crippen LogP contribution in [0.1, 0.15) is 71.9 Å². The molecule has 1 saturated carbocycles. The third-order valence-corrected chi connectivity index (χ3v) is 3.90. The molecule has 96 valence electrons. The average molecular weight is 232 g/mol. The fraction of sp³-hybridized carbons (Fsp3) is 0.647. The molecule has 1 aromatic rings. The van der Waals surface area contributed by atoms with Gasteiger partial charge in [-0.1, -0.05) is 72.2 Å². The highest BCUT2D eigenvalue weighted by atomic mass is 14.4. The maximum atomic E-state index is 2.39. The molecule has 0 saturated heterocycles. The summed E-state index contributed by atoms with van der Waals surface area (Å²) >= 11 is 0. The van der Waals surface area contributed by atoms with E-state index in [1.165, 1.54) is 30.4 Å². The Hall–Kier alpha value is -0.780. The fourth-order valence-electron chi connectivity index (χ4n) is 2.37. The van der Waals surface area contributed by atoms with Gasteiger partial charge in [0.2, 0.25) is 0 Å². The Labute approximate surface area is 107 Å². The molecular formula is C17H28. The summed E-state index contributed by atoms with van der Waals surface area (Å²) in [5.74, 6) is 0. The molecule has 0 aliphatic heterocycles. The zero-order valence-electron chi connectivity index (χ0n) is 12.4. The average Bonchev–Trinajstić information content (AvgIpc) is 2.28. The molecule has 0 nitrogen and oxygen atoms in total. The standard InChI is InChI=1S/C15H22.C2H6/c1-14(2,3)12-6-8-13(9-7-12)15(4)10-5-11-15;1-2/h6-9H,5,10-11H2,1-4H3;1-2H3. The predicted molar refractivity (Wildman–Crippen MR) is 77.7 cm³/mol. The topological polar surface area (TPSA) is 0 Å². The Morgan fingerprint density at radius 1 is 0.941 bits per heavy atom. The molecule has 0 radical (unpaired) electrons. The summed E-state index contributed by atoms with van der Waals surface area (Å²) in [6.45, 7) is 13.2. The largest absolute Gasteiger partial charge is 0.0683 e. The molecule has 0 unspecified atom stereocenters. The van der Waals surface area contributed by atoms with Crippen molar-refractivity contribution in [2.24, 2.45) is 0 Å². The van der Waals surface area contributed by atoms with Crippen LogP contribution in [0, 0.1) is 0 Å². The third kappa shape index (κ3) is 3.12. The first-order chi connectivity index (χ1) is 7.92. The molecule has 0 N–H and O–H groups in total. The van der Waals surface area contributed by atoms with Crippen LogP contribution in [0.15, 0.2) is 24.3 Å². The number of benzene rings is 1. The van der Waals surface area contributed by atoms with E-state index in [0.717, 1.165) is 0 Å². The lowest BCUT2D eigenvalue weighted by Gasteiger charge is -2.39. The first kappa shape index (κ1) is 14.3. The highest BCUT2D eigenvalue weighted by Crippen LogP contribution is 2.43. The van der Waals surface area contributed by atoms with Crippen LogP contribution < -0.4 is 0 Å². The second kappa shape index (κ2) is 5.25. The summed E-state index contributed by atoms with van der Waals surface area (Å²) in [5.41, 5.74) is 3.73. The second-order valence-electron chi connectivity index (χ2n) is 6.24. The van der Waals surface area contributed by atoms with E-state index in [4.69, 9.17) is 0 Å². The van der Waals surface area contributed by atoms with E-state index in [0.29, 0.717) is 5.41 Å². The molecule has 1 aliphatic rings. The highest BCUT2D eigenvalue weighted by molar-refractivity contribution is 5.33. The normalized spacial score (nSPS) is 17.8. The van der Waals surface area contributed by atoms with Crippen molar-refractivity contribution in [2.45, 2.75) is 71.6 Å². The van der Waals surface area contributed by atoms with Gasteiger partial charge in [-0.15, -0.1) is 0 Å². The molecule has 0 atom stereocenters. The van der Waals surface area contributed by atoms with E-state index in [-0.39, 0.29) is 5.41 Å². The second-order valence-corrected chi connectivity index (χ2v) is 6.24. The van der Waals surface area contributed by atoms with Crippen LogP contribution in [-0.2, 0) is 10.8 Å². The van der Waals surface area contributed by atoms with Crippen molar-refractivity contribution in [1.82, 2.24) is 0 Å². The monoisotopic (exact) mass is 232 g/mol. The molecule has 0 aromatic heterocycles. The molecule has 1 aliphatic carbocycles. The van der Waals surface area contributed by atoms with E-state index in [1.54, 1.807) is 0 Å². The van der Waals surface area contributed by atoms with Crippen molar-refractivity contribution in [3.05, 3.63) is 35.4 Å². The van der Waals surface area contributed by atoms with Gasteiger partial charge >= 0.3 is 0 Å². The minimum atomic E-state index is 0.277. The molecule has 0 bridgehead atoms. The maximum absolute atomic E-state index is 2.39. The zero-order chi connectivity index (χ0) is 13.1. The Morgan fingerprint density at radius 2 is 1.41 bits per heavy atom. The SMILES string of the molecule is CC.CC(C)(C)c1ccc(C2(C)CCC2)cc1. The summed E-state index contributed by atoms with van der Waals surface area (Å²) in [5, 5.41) is 0. The molecule has 0 spiro atoms. The highest BCUT2D eigenvalue weighted by Gasteiger charge is 2.33. The summed E-state index contributed by atoms with van der Waals surface area (Å²) in [4.78, 5) is 0. The minimum Gasteiger partial charge on any atom is -0.0683 e. The lowest BCUT2D eigenvalue weighted by atomic mass is 9.66. The van der Waals surface area contributed by atoms with Crippen molar-refractivity contribution >= 4 is 0 Å². The van der Waals surface area contributed by atoms with Gasteiger partial charge in [0.1, 0.15) is 0 Å². The van der Waals surface area contributed by atoms with E-state index < -0.39 is 0 Å². The molecule has 1 aromatic carbocycles. The number of rotatable bonds is 1. The summed E-state index contributed by atoms with van der Waals surface area (Å²) in [6, 6.07) is 9.28. The number of hydrogen-bond donors (Lipinski definition) is 0. The number of hydrogen-bond acceptors (Lipinski definition) is 0. The van der Waals surface area contributed by atoms with E-state index in [1.807, 2.05) is 13.8 Å². The maximum Gasteiger partial charge on any atom is -0.00752 e. The molecule has 2 rings (SSSR count). The lowest BCUT2D eigenvalue weighted by molar-refractivity contribution is 0.272. The van der Waals surface area contributed by atoms with E-state index in [2.05, 4.69) is 52.0 Å². The van der Waals surface area contributed by atoms with Crippen LogP contribution in [-0.4, -0.2) is 0 Å². The van der Waals surface area contributed by atoms with Gasteiger partial charge in [0.15, 0.2) is 0 Å². The molecule has 0 heterocycles. The van der Waals surface area contributed by atoms with Gasteiger partial charge in [-0.2, -0.15) is 0 Å². The Bertz CT molecular complexity index is 333. The van der Waals surface area contributed by atoms with Gasteiger partial charge < -0.3 is 0 Å². The first-order valence-electron chi connectivity index (χ1n) is 7.03. The summed E-state index contributed by atoms with van der Waals surface area (Å²) < 4.78 is 0. The van der Waals surface area contributed by atoms with Crippen LogP contribution in [0.5, 0.6) is 0 Å². The van der Waals surface area contributed by atoms with Crippen molar-refractivity contribution in [3.63, 3.8) is 0 Å². The fourth-order valence-corrected chi connectivity index (χ4v) is 2.37. The van der Waals surface area contributed by atoms with Gasteiger partial charge in [0, 0.05) is 0 Å². The van der Waals surface area contributed by atoms with Crippen molar-refractivity contribution in [3.8, 4) is 0 Å². The van der Waals surface area contributed by atoms with Crippen molar-refractivity contribution < 1.29 is 0 Å². The summed E-state index contributed by atoms with van der Waals surface area (Å²) in [6.07, 6.45) is 4.13. The van der Waals surface area contributed by atoms with Crippen LogP contribution in [0.25, 0.3) is 0 Å². The Kier molecular flexibility index (Phi) is 4.41. The van der Waals surface area contributed by atoms with Gasteiger partial charge in [-0.25, -0.2) is 0 Å². The lowest BCUT2D eigenvalue weighted by Crippen LogP contribution is -2.30. The van der Waals surface area contributed by atoms with Crippen molar-refractivity contribution in [1.29, 1.82) is 0 Å². The Balaban J connectivity index is 0.000000686. The van der Waals surface area contributed by atoms with Gasteiger partial charge in [-0.3, -0.25) is 0 Å².